The molecule has 1 amide bonds. The average Bonchev–Trinajstić information content (AvgIpc) is 2.96. The van der Waals surface area contributed by atoms with Crippen molar-refractivity contribution in [3.05, 3.63) is 53.3 Å². The van der Waals surface area contributed by atoms with Gasteiger partial charge in [0.1, 0.15) is 0 Å². The molecule has 4 heteroatoms. The van der Waals surface area contributed by atoms with E-state index in [4.69, 9.17) is 5.73 Å². The number of aromatic nitrogens is 2. The topological polar surface area (TPSA) is 60.9 Å². The standard InChI is InChI=1S/C22H27N3O/c23-21(26)20-19(14-25(24-20)13-15-4-2-1-3-5-15)12-22-9-16-6-17(10-22)8-18(7-16)11-22/h1-5,14,16-18H,6-13H2,(H2,23,26). The van der Waals surface area contributed by atoms with E-state index < -0.39 is 5.91 Å². The SMILES string of the molecule is NC(=O)c1nn(Cc2ccccc2)cc1CC12CC3CC(CC(C3)C1)C2. The molecule has 26 heavy (non-hydrogen) atoms. The predicted molar refractivity (Wildman–Crippen MR) is 101 cm³/mol. The lowest BCUT2D eigenvalue weighted by Crippen LogP contribution is -2.47. The molecule has 0 radical (unpaired) electrons. The van der Waals surface area contributed by atoms with Gasteiger partial charge in [-0.2, -0.15) is 5.10 Å². The molecule has 0 aliphatic heterocycles. The fourth-order valence-electron chi connectivity index (χ4n) is 6.56. The number of benzene rings is 1. The minimum absolute atomic E-state index is 0.388. The van der Waals surface area contributed by atoms with Crippen molar-refractivity contribution in [3.8, 4) is 0 Å². The number of carbonyl (C=O) groups excluding carboxylic acids is 1. The van der Waals surface area contributed by atoms with Gasteiger partial charge in [-0.05, 0) is 73.7 Å². The van der Waals surface area contributed by atoms with E-state index >= 15 is 0 Å². The molecule has 136 valence electrons. The number of nitrogens with two attached hydrogens (primary N) is 1. The third kappa shape index (κ3) is 2.85. The van der Waals surface area contributed by atoms with E-state index in [1.807, 2.05) is 22.9 Å². The maximum absolute atomic E-state index is 12.0. The average molecular weight is 349 g/mol. The second-order valence-electron chi connectivity index (χ2n) is 9.14. The van der Waals surface area contributed by atoms with E-state index in [9.17, 15) is 4.79 Å². The van der Waals surface area contributed by atoms with Gasteiger partial charge in [-0.25, -0.2) is 0 Å². The molecule has 4 nitrogen and oxygen atoms in total. The number of hydrogen-bond acceptors (Lipinski definition) is 2. The molecule has 0 unspecified atom stereocenters. The third-order valence-corrected chi connectivity index (χ3v) is 6.99. The summed E-state index contributed by atoms with van der Waals surface area (Å²) in [5.74, 6) is 2.35. The summed E-state index contributed by atoms with van der Waals surface area (Å²) in [4.78, 5) is 12.0. The first-order valence-corrected chi connectivity index (χ1v) is 9.99. The smallest absolute Gasteiger partial charge is 0.269 e. The molecule has 2 aromatic rings. The van der Waals surface area contributed by atoms with Gasteiger partial charge in [0.15, 0.2) is 5.69 Å². The molecule has 0 saturated heterocycles. The first kappa shape index (κ1) is 16.1. The molecular formula is C22H27N3O. The molecule has 1 aromatic heterocycles. The van der Waals surface area contributed by atoms with Crippen LogP contribution in [0.25, 0.3) is 0 Å². The van der Waals surface area contributed by atoms with Crippen LogP contribution >= 0.6 is 0 Å². The Hall–Kier alpha value is -2.10. The van der Waals surface area contributed by atoms with Gasteiger partial charge in [0.25, 0.3) is 5.91 Å². The number of nitrogens with zero attached hydrogens (tertiary/aromatic N) is 2. The van der Waals surface area contributed by atoms with E-state index in [2.05, 4.69) is 23.4 Å². The highest BCUT2D eigenvalue weighted by Crippen LogP contribution is 2.61. The van der Waals surface area contributed by atoms with Crippen molar-refractivity contribution in [2.45, 2.75) is 51.5 Å². The molecule has 0 atom stereocenters. The maximum Gasteiger partial charge on any atom is 0.269 e. The van der Waals surface area contributed by atoms with Crippen molar-refractivity contribution in [3.63, 3.8) is 0 Å². The zero-order valence-electron chi connectivity index (χ0n) is 15.2. The molecule has 1 aromatic carbocycles. The first-order valence-electron chi connectivity index (χ1n) is 9.99. The van der Waals surface area contributed by atoms with Crippen molar-refractivity contribution >= 4 is 5.91 Å². The van der Waals surface area contributed by atoms with Crippen LogP contribution in [-0.4, -0.2) is 15.7 Å². The lowest BCUT2D eigenvalue weighted by molar-refractivity contribution is -0.0522. The van der Waals surface area contributed by atoms with Crippen molar-refractivity contribution in [2.24, 2.45) is 28.9 Å². The number of rotatable bonds is 5. The second-order valence-corrected chi connectivity index (χ2v) is 9.14. The minimum atomic E-state index is -0.392. The summed E-state index contributed by atoms with van der Waals surface area (Å²) in [6, 6.07) is 10.3. The Morgan fingerprint density at radius 1 is 1.08 bits per heavy atom. The Morgan fingerprint density at radius 2 is 1.69 bits per heavy atom. The van der Waals surface area contributed by atoms with Crippen LogP contribution in [0.3, 0.4) is 0 Å². The molecule has 2 N–H and O–H groups in total. The Morgan fingerprint density at radius 3 is 2.27 bits per heavy atom. The van der Waals surface area contributed by atoms with E-state index in [-0.39, 0.29) is 0 Å². The van der Waals surface area contributed by atoms with E-state index in [0.29, 0.717) is 17.7 Å². The molecule has 0 spiro atoms. The zero-order valence-corrected chi connectivity index (χ0v) is 15.2. The van der Waals surface area contributed by atoms with Crippen LogP contribution in [0.2, 0.25) is 0 Å². The predicted octanol–water partition coefficient (Wildman–Crippen LogP) is 3.79. The summed E-state index contributed by atoms with van der Waals surface area (Å²) in [5, 5.41) is 4.55. The number of amides is 1. The molecule has 4 bridgehead atoms. The Balaban J connectivity index is 1.42. The summed E-state index contributed by atoms with van der Waals surface area (Å²) in [5.41, 5.74) is 8.80. The van der Waals surface area contributed by atoms with Crippen molar-refractivity contribution in [1.82, 2.24) is 9.78 Å². The van der Waals surface area contributed by atoms with Crippen LogP contribution in [0.1, 0.15) is 60.1 Å². The Labute approximate surface area is 154 Å². The lowest BCUT2D eigenvalue weighted by Gasteiger charge is -2.57. The number of hydrogen-bond donors (Lipinski definition) is 1. The van der Waals surface area contributed by atoms with Crippen molar-refractivity contribution in [2.75, 3.05) is 0 Å². The summed E-state index contributed by atoms with van der Waals surface area (Å²) < 4.78 is 1.89. The Bertz CT molecular complexity index is 788. The molecule has 4 aliphatic carbocycles. The zero-order chi connectivity index (χ0) is 17.7. The highest BCUT2D eigenvalue weighted by molar-refractivity contribution is 5.92. The summed E-state index contributed by atoms with van der Waals surface area (Å²) in [6.07, 6.45) is 11.4. The Kier molecular flexibility index (Phi) is 3.70. The highest BCUT2D eigenvalue weighted by Gasteiger charge is 2.51. The monoisotopic (exact) mass is 349 g/mol. The normalized spacial score (nSPS) is 32.1. The minimum Gasteiger partial charge on any atom is -0.364 e. The van der Waals surface area contributed by atoms with Crippen LogP contribution < -0.4 is 5.73 Å². The summed E-state index contributed by atoms with van der Waals surface area (Å²) >= 11 is 0. The van der Waals surface area contributed by atoms with Gasteiger partial charge in [0.2, 0.25) is 0 Å². The molecular weight excluding hydrogens is 322 g/mol. The van der Waals surface area contributed by atoms with Gasteiger partial charge < -0.3 is 5.73 Å². The van der Waals surface area contributed by atoms with Crippen molar-refractivity contribution < 1.29 is 4.79 Å². The summed E-state index contributed by atoms with van der Waals surface area (Å²) in [6.45, 7) is 0.683. The first-order chi connectivity index (χ1) is 12.6. The lowest BCUT2D eigenvalue weighted by atomic mass is 9.48. The summed E-state index contributed by atoms with van der Waals surface area (Å²) in [7, 11) is 0. The van der Waals surface area contributed by atoms with Crippen molar-refractivity contribution in [1.29, 1.82) is 0 Å². The van der Waals surface area contributed by atoms with Crippen LogP contribution in [0, 0.1) is 23.2 Å². The van der Waals surface area contributed by atoms with Gasteiger partial charge in [-0.3, -0.25) is 9.48 Å². The van der Waals surface area contributed by atoms with Crippen LogP contribution in [0.15, 0.2) is 36.5 Å². The van der Waals surface area contributed by atoms with Gasteiger partial charge in [0.05, 0.1) is 6.54 Å². The molecule has 4 saturated carbocycles. The largest absolute Gasteiger partial charge is 0.364 e. The number of carbonyl (C=O) groups is 1. The van der Waals surface area contributed by atoms with Gasteiger partial charge in [-0.1, -0.05) is 30.3 Å². The third-order valence-electron chi connectivity index (χ3n) is 6.99. The molecule has 6 rings (SSSR count). The number of primary amides is 1. The van der Waals surface area contributed by atoms with E-state index in [1.54, 1.807) is 0 Å². The van der Waals surface area contributed by atoms with Crippen LogP contribution in [0.5, 0.6) is 0 Å². The van der Waals surface area contributed by atoms with Gasteiger partial charge in [-0.15, -0.1) is 0 Å². The quantitative estimate of drug-likeness (QED) is 0.893. The second kappa shape index (κ2) is 5.97. The van der Waals surface area contributed by atoms with Gasteiger partial charge in [0, 0.05) is 11.8 Å². The van der Waals surface area contributed by atoms with E-state index in [0.717, 1.165) is 29.7 Å². The highest BCUT2D eigenvalue weighted by atomic mass is 16.1. The maximum atomic E-state index is 12.0. The molecule has 4 aliphatic rings. The fourth-order valence-corrected chi connectivity index (χ4v) is 6.56. The molecule has 4 fully saturated rings. The van der Waals surface area contributed by atoms with Gasteiger partial charge >= 0.3 is 0 Å². The van der Waals surface area contributed by atoms with E-state index in [1.165, 1.54) is 44.1 Å². The fraction of sp³-hybridized carbons (Fsp3) is 0.545. The molecule has 1 heterocycles. The van der Waals surface area contributed by atoms with Crippen LogP contribution in [0.4, 0.5) is 0 Å². The van der Waals surface area contributed by atoms with Crippen LogP contribution in [-0.2, 0) is 13.0 Å².